The molecule has 2 N–H and O–H groups in total. The van der Waals surface area contributed by atoms with E-state index in [4.69, 9.17) is 0 Å². The molecule has 0 aliphatic carbocycles. The zero-order valence-electron chi connectivity index (χ0n) is 18.1. The van der Waals surface area contributed by atoms with E-state index < -0.39 is 17.6 Å². The Morgan fingerprint density at radius 2 is 2.09 bits per heavy atom. The standard InChI is InChI=1S/C23H27F3N4O2/c1-15-13-30(20(6-8-31)5-7-27-2)14-17-10-19(3-4-21(15)17)29-22(32)16-9-18(12-28-11-16)23(24,25)26/h3-4,8-12,15,20,27H,5-7,13-14H2,1-2H3,(H,29,32)/t15-,20?/m0/s1. The van der Waals surface area contributed by atoms with Crippen molar-refractivity contribution in [3.05, 3.63) is 58.9 Å². The number of rotatable bonds is 8. The third-order valence-electron chi connectivity index (χ3n) is 5.75. The number of nitrogens with one attached hydrogen (secondary N) is 2. The van der Waals surface area contributed by atoms with E-state index in [-0.39, 0.29) is 17.5 Å². The number of amides is 1. The molecule has 0 fully saturated rings. The van der Waals surface area contributed by atoms with Gasteiger partial charge in [-0.05, 0) is 55.3 Å². The summed E-state index contributed by atoms with van der Waals surface area (Å²) in [5.41, 5.74) is 1.57. The predicted molar refractivity (Wildman–Crippen MR) is 115 cm³/mol. The molecule has 32 heavy (non-hydrogen) atoms. The summed E-state index contributed by atoms with van der Waals surface area (Å²) in [6.45, 7) is 4.39. The minimum Gasteiger partial charge on any atom is -0.322 e. The number of hydrogen-bond acceptors (Lipinski definition) is 5. The Hall–Kier alpha value is -2.78. The maximum absolute atomic E-state index is 12.9. The summed E-state index contributed by atoms with van der Waals surface area (Å²) in [6, 6.07) is 6.46. The number of alkyl halides is 3. The van der Waals surface area contributed by atoms with Gasteiger partial charge in [-0.25, -0.2) is 0 Å². The second-order valence-electron chi connectivity index (χ2n) is 8.11. The number of fused-ring (bicyclic) bond motifs is 1. The normalized spacial score (nSPS) is 17.5. The van der Waals surface area contributed by atoms with Crippen LogP contribution < -0.4 is 10.6 Å². The van der Waals surface area contributed by atoms with Crippen LogP contribution in [0.4, 0.5) is 18.9 Å². The van der Waals surface area contributed by atoms with Crippen molar-refractivity contribution in [1.82, 2.24) is 15.2 Å². The lowest BCUT2D eigenvalue weighted by atomic mass is 9.89. The molecule has 0 saturated heterocycles. The Balaban J connectivity index is 1.78. The van der Waals surface area contributed by atoms with Gasteiger partial charge in [0.15, 0.2) is 0 Å². The molecule has 1 amide bonds. The van der Waals surface area contributed by atoms with Crippen molar-refractivity contribution in [2.45, 2.75) is 44.4 Å². The average molecular weight is 448 g/mol. The molecule has 172 valence electrons. The van der Waals surface area contributed by atoms with Gasteiger partial charge in [0.05, 0.1) is 11.1 Å². The molecule has 0 spiro atoms. The van der Waals surface area contributed by atoms with E-state index in [0.29, 0.717) is 24.8 Å². The SMILES string of the molecule is CNCCC(CC=O)N1Cc2cc(NC(=O)c3cncc(C(F)(F)F)c3)ccc2[C@@H](C)C1. The lowest BCUT2D eigenvalue weighted by Crippen LogP contribution is -2.42. The Morgan fingerprint density at radius 1 is 1.31 bits per heavy atom. The van der Waals surface area contributed by atoms with Crippen LogP contribution in [-0.2, 0) is 17.5 Å². The molecule has 2 aromatic rings. The maximum Gasteiger partial charge on any atom is 0.417 e. The number of aldehydes is 1. The largest absolute Gasteiger partial charge is 0.417 e. The molecule has 0 saturated carbocycles. The van der Waals surface area contributed by atoms with Gasteiger partial charge in [0.25, 0.3) is 5.91 Å². The van der Waals surface area contributed by atoms with Crippen LogP contribution in [0.2, 0.25) is 0 Å². The highest BCUT2D eigenvalue weighted by atomic mass is 19.4. The quantitative estimate of drug-likeness (QED) is 0.601. The maximum atomic E-state index is 12.9. The second kappa shape index (κ2) is 10.2. The fourth-order valence-electron chi connectivity index (χ4n) is 4.11. The van der Waals surface area contributed by atoms with Crippen molar-refractivity contribution in [3.8, 4) is 0 Å². The number of pyridine rings is 1. The number of benzene rings is 1. The van der Waals surface area contributed by atoms with Crippen molar-refractivity contribution in [1.29, 1.82) is 0 Å². The summed E-state index contributed by atoms with van der Waals surface area (Å²) in [4.78, 5) is 29.5. The van der Waals surface area contributed by atoms with Gasteiger partial charge in [-0.1, -0.05) is 13.0 Å². The van der Waals surface area contributed by atoms with Gasteiger partial charge in [-0.2, -0.15) is 13.2 Å². The van der Waals surface area contributed by atoms with E-state index in [1.807, 2.05) is 19.2 Å². The van der Waals surface area contributed by atoms with E-state index in [9.17, 15) is 22.8 Å². The second-order valence-corrected chi connectivity index (χ2v) is 8.11. The summed E-state index contributed by atoms with van der Waals surface area (Å²) in [5.74, 6) is -0.406. The summed E-state index contributed by atoms with van der Waals surface area (Å²) < 4.78 is 38.7. The molecule has 1 aliphatic heterocycles. The van der Waals surface area contributed by atoms with Crippen LogP contribution in [0.15, 0.2) is 36.7 Å². The fraction of sp³-hybridized carbons (Fsp3) is 0.435. The van der Waals surface area contributed by atoms with E-state index >= 15 is 0 Å². The van der Waals surface area contributed by atoms with E-state index in [0.717, 1.165) is 43.6 Å². The molecule has 1 aliphatic rings. The molecule has 3 rings (SSSR count). The third-order valence-corrected chi connectivity index (χ3v) is 5.75. The molecule has 6 nitrogen and oxygen atoms in total. The van der Waals surface area contributed by atoms with Gasteiger partial charge in [0.2, 0.25) is 0 Å². The van der Waals surface area contributed by atoms with Crippen LogP contribution in [0, 0.1) is 0 Å². The predicted octanol–water partition coefficient (Wildman–Crippen LogP) is 3.84. The van der Waals surface area contributed by atoms with Crippen LogP contribution in [0.5, 0.6) is 0 Å². The van der Waals surface area contributed by atoms with E-state index in [2.05, 4.69) is 27.4 Å². The van der Waals surface area contributed by atoms with Crippen LogP contribution in [0.25, 0.3) is 0 Å². The average Bonchev–Trinajstić information content (AvgIpc) is 2.76. The topological polar surface area (TPSA) is 74.3 Å². The van der Waals surface area contributed by atoms with Gasteiger partial charge in [-0.15, -0.1) is 0 Å². The van der Waals surface area contributed by atoms with E-state index in [1.165, 1.54) is 5.56 Å². The lowest BCUT2D eigenvalue weighted by Gasteiger charge is -2.38. The molecular weight excluding hydrogens is 421 g/mol. The van der Waals surface area contributed by atoms with Crippen molar-refractivity contribution in [3.63, 3.8) is 0 Å². The summed E-state index contributed by atoms with van der Waals surface area (Å²) >= 11 is 0. The number of anilines is 1. The molecule has 0 radical (unpaired) electrons. The number of nitrogens with zero attached hydrogens (tertiary/aromatic N) is 2. The van der Waals surface area contributed by atoms with Crippen molar-refractivity contribution >= 4 is 17.9 Å². The smallest absolute Gasteiger partial charge is 0.322 e. The molecule has 1 unspecified atom stereocenters. The first-order valence-electron chi connectivity index (χ1n) is 10.5. The Bertz CT molecular complexity index is 964. The highest BCUT2D eigenvalue weighted by Crippen LogP contribution is 2.32. The van der Waals surface area contributed by atoms with E-state index in [1.54, 1.807) is 6.07 Å². The number of carbonyl (C=O) groups is 2. The van der Waals surface area contributed by atoms with Crippen LogP contribution in [0.3, 0.4) is 0 Å². The first-order chi connectivity index (χ1) is 15.2. The van der Waals surface area contributed by atoms with Crippen LogP contribution in [0.1, 0.15) is 52.7 Å². The highest BCUT2D eigenvalue weighted by molar-refractivity contribution is 6.04. The minimum atomic E-state index is -4.57. The Morgan fingerprint density at radius 3 is 2.78 bits per heavy atom. The number of hydrogen-bond donors (Lipinski definition) is 2. The number of aromatic nitrogens is 1. The monoisotopic (exact) mass is 448 g/mol. The molecule has 9 heteroatoms. The van der Waals surface area contributed by atoms with Gasteiger partial charge < -0.3 is 15.4 Å². The van der Waals surface area contributed by atoms with Crippen molar-refractivity contribution in [2.24, 2.45) is 0 Å². The Kier molecular flexibility index (Phi) is 7.63. The zero-order valence-corrected chi connectivity index (χ0v) is 18.1. The zero-order chi connectivity index (χ0) is 23.3. The highest BCUT2D eigenvalue weighted by Gasteiger charge is 2.32. The summed E-state index contributed by atoms with van der Waals surface area (Å²) in [5, 5.41) is 5.79. The van der Waals surface area contributed by atoms with Crippen LogP contribution >= 0.6 is 0 Å². The molecule has 1 aromatic heterocycles. The fourth-order valence-corrected chi connectivity index (χ4v) is 4.11. The first-order valence-corrected chi connectivity index (χ1v) is 10.5. The summed E-state index contributed by atoms with van der Waals surface area (Å²) in [6.07, 6.45) is -0.534. The van der Waals surface area contributed by atoms with Crippen molar-refractivity contribution < 1.29 is 22.8 Å². The lowest BCUT2D eigenvalue weighted by molar-refractivity contribution is -0.137. The van der Waals surface area contributed by atoms with Gasteiger partial charge >= 0.3 is 6.18 Å². The minimum absolute atomic E-state index is 0.116. The molecule has 2 atom stereocenters. The first kappa shape index (κ1) is 23.9. The van der Waals surface area contributed by atoms with Gasteiger partial charge in [0.1, 0.15) is 6.29 Å². The van der Waals surface area contributed by atoms with Gasteiger partial charge in [0, 0.05) is 43.6 Å². The molecule has 1 aromatic carbocycles. The third kappa shape index (κ3) is 5.72. The van der Waals surface area contributed by atoms with Gasteiger partial charge in [-0.3, -0.25) is 14.7 Å². The van der Waals surface area contributed by atoms with Crippen molar-refractivity contribution in [2.75, 3.05) is 25.5 Å². The molecular formula is C23H27F3N4O2. The number of carbonyl (C=O) groups excluding carboxylic acids is 2. The Labute approximate surface area is 185 Å². The summed E-state index contributed by atoms with van der Waals surface area (Å²) in [7, 11) is 1.88. The number of halogens is 3. The molecule has 0 bridgehead atoms. The van der Waals surface area contributed by atoms with Crippen LogP contribution in [-0.4, -0.2) is 48.3 Å². The molecule has 2 heterocycles.